The van der Waals surface area contributed by atoms with E-state index in [2.05, 4.69) is 0 Å². The summed E-state index contributed by atoms with van der Waals surface area (Å²) in [4.78, 5) is 53.2. The molecule has 0 spiro atoms. The Bertz CT molecular complexity index is 953. The molecule has 1 atom stereocenters. The fourth-order valence-electron chi connectivity index (χ4n) is 3.65. The van der Waals surface area contributed by atoms with Crippen molar-refractivity contribution in [2.24, 2.45) is 5.92 Å². The quantitative estimate of drug-likeness (QED) is 0.798. The molecule has 1 unspecified atom stereocenters. The fourth-order valence-corrected chi connectivity index (χ4v) is 3.65. The molecule has 0 aliphatic carbocycles. The molecule has 0 radical (unpaired) electrons. The van der Waals surface area contributed by atoms with Crippen molar-refractivity contribution in [3.8, 4) is 0 Å². The van der Waals surface area contributed by atoms with Gasteiger partial charge in [0.15, 0.2) is 0 Å². The van der Waals surface area contributed by atoms with E-state index in [1.807, 2.05) is 13.8 Å². The average Bonchev–Trinajstić information content (AvgIpc) is 2.65. The largest absolute Gasteiger partial charge is 0.277 e. The summed E-state index contributed by atoms with van der Waals surface area (Å²) in [6.07, 6.45) is 0.854. The highest BCUT2D eigenvalue weighted by molar-refractivity contribution is 6.33. The Morgan fingerprint density at radius 2 is 1.15 bits per heavy atom. The van der Waals surface area contributed by atoms with Crippen LogP contribution in [0, 0.1) is 5.92 Å². The summed E-state index contributed by atoms with van der Waals surface area (Å²) < 4.78 is 0. The minimum atomic E-state index is -0.423. The summed E-state index contributed by atoms with van der Waals surface area (Å²) in [7, 11) is 1.43. The Kier molecular flexibility index (Phi) is 3.47. The summed E-state index contributed by atoms with van der Waals surface area (Å²) in [5, 5.41) is 0.836. The van der Waals surface area contributed by atoms with Gasteiger partial charge in [0, 0.05) is 46.6 Å². The molecule has 2 aliphatic heterocycles. The zero-order chi connectivity index (χ0) is 18.7. The first-order valence-electron chi connectivity index (χ1n) is 8.65. The molecule has 4 rings (SSSR count). The molecule has 2 aromatic rings. The van der Waals surface area contributed by atoms with E-state index in [-0.39, 0.29) is 17.7 Å². The van der Waals surface area contributed by atoms with Crippen LogP contribution >= 0.6 is 0 Å². The smallest absolute Gasteiger partial charge is 0.261 e. The van der Waals surface area contributed by atoms with Crippen molar-refractivity contribution >= 4 is 34.4 Å². The minimum absolute atomic E-state index is 0.189. The normalized spacial score (nSPS) is 17.3. The Hall–Kier alpha value is -3.02. The number of amides is 4. The van der Waals surface area contributed by atoms with Gasteiger partial charge < -0.3 is 0 Å². The average molecular weight is 350 g/mol. The Balaban J connectivity index is 2.00. The van der Waals surface area contributed by atoms with E-state index in [0.717, 1.165) is 11.3 Å². The molecule has 2 heterocycles. The lowest BCUT2D eigenvalue weighted by Gasteiger charge is -2.31. The second-order valence-corrected chi connectivity index (χ2v) is 6.98. The lowest BCUT2D eigenvalue weighted by molar-refractivity contribution is 0.0581. The predicted octanol–water partition coefficient (Wildman–Crippen LogP) is 2.71. The van der Waals surface area contributed by atoms with Gasteiger partial charge in [0.25, 0.3) is 23.6 Å². The van der Waals surface area contributed by atoms with E-state index < -0.39 is 11.8 Å². The van der Waals surface area contributed by atoms with Gasteiger partial charge in [0.1, 0.15) is 0 Å². The highest BCUT2D eigenvalue weighted by Gasteiger charge is 2.38. The van der Waals surface area contributed by atoms with Gasteiger partial charge in [-0.05, 0) is 30.2 Å². The van der Waals surface area contributed by atoms with Crippen molar-refractivity contribution in [2.75, 3.05) is 13.6 Å². The number of imide groups is 2. The van der Waals surface area contributed by atoms with Crippen LogP contribution < -0.4 is 0 Å². The van der Waals surface area contributed by atoms with Crippen molar-refractivity contribution in [1.29, 1.82) is 0 Å². The Morgan fingerprint density at radius 3 is 1.54 bits per heavy atom. The molecule has 132 valence electrons. The standard InChI is InChI=1S/C20H18N2O4/c1-4-10(2)9-22-19(25)13-7-5-11-15-12(18(24)21(3)17(11)23)6-8-14(16(13)15)20(22)26/h5-8,10H,4,9H2,1-3H3. The number of rotatable bonds is 3. The van der Waals surface area contributed by atoms with E-state index in [9.17, 15) is 19.2 Å². The minimum Gasteiger partial charge on any atom is -0.277 e. The zero-order valence-electron chi connectivity index (χ0n) is 14.8. The molecule has 26 heavy (non-hydrogen) atoms. The van der Waals surface area contributed by atoms with Crippen molar-refractivity contribution < 1.29 is 19.2 Å². The zero-order valence-corrected chi connectivity index (χ0v) is 14.8. The van der Waals surface area contributed by atoms with Gasteiger partial charge in [-0.15, -0.1) is 0 Å². The van der Waals surface area contributed by atoms with Crippen LogP contribution in [0.2, 0.25) is 0 Å². The summed E-state index contributed by atoms with van der Waals surface area (Å²) in [5.74, 6) is -1.40. The van der Waals surface area contributed by atoms with Crippen LogP contribution in [0.4, 0.5) is 0 Å². The number of carbonyl (C=O) groups excluding carboxylic acids is 4. The van der Waals surface area contributed by atoms with Crippen molar-refractivity contribution in [2.45, 2.75) is 20.3 Å². The van der Waals surface area contributed by atoms with Gasteiger partial charge in [-0.25, -0.2) is 0 Å². The molecule has 2 aromatic carbocycles. The van der Waals surface area contributed by atoms with Crippen LogP contribution in [0.25, 0.3) is 10.8 Å². The Morgan fingerprint density at radius 1 is 0.769 bits per heavy atom. The summed E-state index contributed by atoms with van der Waals surface area (Å²) in [6, 6.07) is 6.33. The van der Waals surface area contributed by atoms with Crippen LogP contribution in [0.15, 0.2) is 24.3 Å². The first-order chi connectivity index (χ1) is 12.4. The highest BCUT2D eigenvalue weighted by Crippen LogP contribution is 2.37. The van der Waals surface area contributed by atoms with Crippen molar-refractivity contribution in [3.05, 3.63) is 46.5 Å². The van der Waals surface area contributed by atoms with Crippen LogP contribution in [-0.2, 0) is 0 Å². The number of hydrogen-bond donors (Lipinski definition) is 0. The van der Waals surface area contributed by atoms with Crippen molar-refractivity contribution in [3.63, 3.8) is 0 Å². The fraction of sp³-hybridized carbons (Fsp3) is 0.300. The second-order valence-electron chi connectivity index (χ2n) is 6.98. The molecule has 6 heteroatoms. The van der Waals surface area contributed by atoms with Crippen LogP contribution in [-0.4, -0.2) is 47.0 Å². The summed E-state index contributed by atoms with van der Waals surface area (Å²) >= 11 is 0. The third-order valence-electron chi connectivity index (χ3n) is 5.37. The second kappa shape index (κ2) is 5.49. The molecule has 0 saturated carbocycles. The van der Waals surface area contributed by atoms with Gasteiger partial charge in [0.05, 0.1) is 0 Å². The SMILES string of the molecule is CCC(C)CN1C(=O)c2ccc3c4c(ccc(c24)C1=O)C(=O)N(C)C3=O. The number of carbonyl (C=O) groups is 4. The Labute approximate surface area is 150 Å². The van der Waals surface area contributed by atoms with E-state index in [4.69, 9.17) is 0 Å². The van der Waals surface area contributed by atoms with Crippen LogP contribution in [0.3, 0.4) is 0 Å². The predicted molar refractivity (Wildman–Crippen MR) is 95.2 cm³/mol. The first kappa shape index (κ1) is 16.4. The molecule has 0 aromatic heterocycles. The van der Waals surface area contributed by atoms with Gasteiger partial charge >= 0.3 is 0 Å². The highest BCUT2D eigenvalue weighted by atomic mass is 16.2. The summed E-state index contributed by atoms with van der Waals surface area (Å²) in [5.41, 5.74) is 1.43. The third-order valence-corrected chi connectivity index (χ3v) is 5.37. The van der Waals surface area contributed by atoms with E-state index in [1.165, 1.54) is 11.9 Å². The van der Waals surface area contributed by atoms with Crippen LogP contribution in [0.1, 0.15) is 61.7 Å². The van der Waals surface area contributed by atoms with E-state index >= 15 is 0 Å². The molecule has 0 saturated heterocycles. The monoisotopic (exact) mass is 350 g/mol. The number of hydrogen-bond acceptors (Lipinski definition) is 4. The number of benzene rings is 2. The molecule has 6 nitrogen and oxygen atoms in total. The van der Waals surface area contributed by atoms with Gasteiger partial charge in [-0.1, -0.05) is 20.3 Å². The molecule has 2 aliphatic rings. The molecular weight excluding hydrogens is 332 g/mol. The van der Waals surface area contributed by atoms with E-state index in [1.54, 1.807) is 24.3 Å². The molecule has 0 fully saturated rings. The molecule has 0 N–H and O–H groups in total. The third kappa shape index (κ3) is 1.98. The van der Waals surface area contributed by atoms with Crippen molar-refractivity contribution in [1.82, 2.24) is 9.80 Å². The molecule has 4 amide bonds. The molecule has 0 bridgehead atoms. The molecular formula is C20H18N2O4. The maximum absolute atomic E-state index is 12.9. The lowest BCUT2D eigenvalue weighted by Crippen LogP contribution is -2.43. The number of nitrogens with zero attached hydrogens (tertiary/aromatic N) is 2. The maximum Gasteiger partial charge on any atom is 0.261 e. The maximum atomic E-state index is 12.9. The van der Waals surface area contributed by atoms with E-state index in [0.29, 0.717) is 39.6 Å². The first-order valence-corrected chi connectivity index (χ1v) is 8.65. The van der Waals surface area contributed by atoms with Gasteiger partial charge in [0.2, 0.25) is 0 Å². The summed E-state index contributed by atoms with van der Waals surface area (Å²) in [6.45, 7) is 4.35. The van der Waals surface area contributed by atoms with Gasteiger partial charge in [-0.2, -0.15) is 0 Å². The topological polar surface area (TPSA) is 74.8 Å². The van der Waals surface area contributed by atoms with Gasteiger partial charge in [-0.3, -0.25) is 29.0 Å². The van der Waals surface area contributed by atoms with Crippen LogP contribution in [0.5, 0.6) is 0 Å². The lowest BCUT2D eigenvalue weighted by atomic mass is 9.86.